The van der Waals surface area contributed by atoms with Crippen molar-refractivity contribution in [3.8, 4) is 5.75 Å². The summed E-state index contributed by atoms with van der Waals surface area (Å²) in [6.45, 7) is 16.4. The van der Waals surface area contributed by atoms with Gasteiger partial charge in [-0.2, -0.15) is 0 Å². The van der Waals surface area contributed by atoms with Crippen LogP contribution in [-0.2, 0) is 27.7 Å². The predicted molar refractivity (Wildman–Crippen MR) is 118 cm³/mol. The van der Waals surface area contributed by atoms with E-state index in [9.17, 15) is 5.11 Å². The van der Waals surface area contributed by atoms with Gasteiger partial charge in [0, 0.05) is 26.2 Å². The Kier molecular flexibility index (Phi) is 8.36. The molecular weight excluding hydrogens is 364 g/mol. The topological polar surface area (TPSA) is 45.2 Å². The molecule has 0 atom stereocenters. The van der Waals surface area contributed by atoms with Crippen molar-refractivity contribution in [1.82, 2.24) is 9.80 Å². The van der Waals surface area contributed by atoms with E-state index in [1.54, 1.807) is 0 Å². The quantitative estimate of drug-likeness (QED) is 0.721. The van der Waals surface area contributed by atoms with Gasteiger partial charge in [-0.15, -0.1) is 0 Å². The number of phenols is 1. The Hall–Kier alpha value is -1.14. The Bertz CT molecular complexity index is 584. The molecule has 0 spiro atoms. The van der Waals surface area contributed by atoms with Gasteiger partial charge in [-0.3, -0.25) is 9.80 Å². The zero-order valence-corrected chi connectivity index (χ0v) is 18.7. The van der Waals surface area contributed by atoms with E-state index in [0.29, 0.717) is 5.75 Å². The van der Waals surface area contributed by atoms with Crippen molar-refractivity contribution < 1.29 is 14.6 Å². The molecule has 0 bridgehead atoms. The number of ether oxygens (including phenoxy) is 2. The Morgan fingerprint density at radius 2 is 1.21 bits per heavy atom. The Labute approximate surface area is 177 Å². The lowest BCUT2D eigenvalue weighted by Gasteiger charge is -2.27. The Morgan fingerprint density at radius 3 is 1.59 bits per heavy atom. The first kappa shape index (κ1) is 22.5. The average molecular weight is 405 g/mol. The number of rotatable bonds is 8. The van der Waals surface area contributed by atoms with Crippen LogP contribution in [0.5, 0.6) is 5.75 Å². The van der Waals surface area contributed by atoms with Crippen LogP contribution < -0.4 is 0 Å². The number of hydrogen-bond acceptors (Lipinski definition) is 5. The second kappa shape index (κ2) is 10.8. The van der Waals surface area contributed by atoms with Gasteiger partial charge in [0.1, 0.15) is 5.75 Å². The van der Waals surface area contributed by atoms with Crippen molar-refractivity contribution in [2.75, 3.05) is 65.7 Å². The molecule has 0 radical (unpaired) electrons. The smallest absolute Gasteiger partial charge is 0.121 e. The highest BCUT2D eigenvalue weighted by Crippen LogP contribution is 2.32. The van der Waals surface area contributed by atoms with Gasteiger partial charge in [0.15, 0.2) is 0 Å². The van der Waals surface area contributed by atoms with Crippen molar-refractivity contribution in [1.29, 1.82) is 0 Å². The Balaban J connectivity index is 1.61. The summed E-state index contributed by atoms with van der Waals surface area (Å²) in [5.41, 5.74) is 3.66. The molecule has 0 unspecified atom stereocenters. The highest BCUT2D eigenvalue weighted by Gasteiger charge is 2.19. The number of aryl methyl sites for hydroxylation is 2. The summed E-state index contributed by atoms with van der Waals surface area (Å²) in [4.78, 5) is 4.94. The van der Waals surface area contributed by atoms with Gasteiger partial charge >= 0.3 is 0 Å². The minimum Gasteiger partial charge on any atom is -0.507 e. The predicted octanol–water partition coefficient (Wildman–Crippen LogP) is 3.22. The van der Waals surface area contributed by atoms with Crippen LogP contribution in [0.15, 0.2) is 12.1 Å². The summed E-state index contributed by atoms with van der Waals surface area (Å²) >= 11 is 0. The molecule has 2 heterocycles. The summed E-state index contributed by atoms with van der Waals surface area (Å²) in [6.07, 6.45) is 4.02. The number of aromatic hydroxyl groups is 1. The molecule has 5 nitrogen and oxygen atoms in total. The van der Waals surface area contributed by atoms with Gasteiger partial charge < -0.3 is 14.6 Å². The third-order valence-electron chi connectivity index (χ3n) is 6.18. The second-order valence-electron chi connectivity index (χ2n) is 9.51. The van der Waals surface area contributed by atoms with Gasteiger partial charge in [0.05, 0.1) is 26.4 Å². The second-order valence-corrected chi connectivity index (χ2v) is 9.51. The Morgan fingerprint density at radius 1 is 0.793 bits per heavy atom. The van der Waals surface area contributed by atoms with Gasteiger partial charge in [-0.1, -0.05) is 32.9 Å². The lowest BCUT2D eigenvalue weighted by molar-refractivity contribution is 0.0374. The lowest BCUT2D eigenvalue weighted by Crippen LogP contribution is -2.37. The maximum atomic E-state index is 11.0. The van der Waals surface area contributed by atoms with Crippen LogP contribution in [0.25, 0.3) is 0 Å². The van der Waals surface area contributed by atoms with Crippen molar-refractivity contribution >= 4 is 0 Å². The molecule has 2 aliphatic rings. The maximum Gasteiger partial charge on any atom is 0.121 e. The molecule has 0 aliphatic carbocycles. The zero-order valence-electron chi connectivity index (χ0n) is 18.7. The maximum absolute atomic E-state index is 11.0. The molecule has 2 fully saturated rings. The molecule has 1 aromatic rings. The van der Waals surface area contributed by atoms with Gasteiger partial charge in [0.2, 0.25) is 0 Å². The van der Waals surface area contributed by atoms with Crippen LogP contribution in [-0.4, -0.2) is 80.6 Å². The van der Waals surface area contributed by atoms with E-state index >= 15 is 0 Å². The number of nitrogens with zero attached hydrogens (tertiary/aromatic N) is 2. The molecule has 1 aromatic carbocycles. The highest BCUT2D eigenvalue weighted by atomic mass is 16.5. The molecular formula is C24H40N2O3. The minimum atomic E-state index is 0.0889. The summed E-state index contributed by atoms with van der Waals surface area (Å²) in [5, 5.41) is 11.0. The molecule has 0 saturated carbocycles. The van der Waals surface area contributed by atoms with Crippen LogP contribution in [0, 0.1) is 0 Å². The standard InChI is InChI=1S/C24H40N2O3/c1-24(2,3)22-18-20(6-4-8-25-10-14-28-15-11-25)23(27)21(19-22)7-5-9-26-12-16-29-17-13-26/h18-19,27H,4-17H2,1-3H3. The molecule has 2 aliphatic heterocycles. The van der Waals surface area contributed by atoms with Crippen molar-refractivity contribution in [2.24, 2.45) is 0 Å². The summed E-state index contributed by atoms with van der Waals surface area (Å²) in [7, 11) is 0. The van der Waals surface area contributed by atoms with Crippen LogP contribution >= 0.6 is 0 Å². The first-order valence-corrected chi connectivity index (χ1v) is 11.4. The van der Waals surface area contributed by atoms with Gasteiger partial charge in [-0.25, -0.2) is 0 Å². The van der Waals surface area contributed by atoms with Crippen LogP contribution in [0.2, 0.25) is 0 Å². The normalized spacial score (nSPS) is 19.6. The lowest BCUT2D eigenvalue weighted by atomic mass is 9.83. The minimum absolute atomic E-state index is 0.0889. The molecule has 164 valence electrons. The average Bonchev–Trinajstić information content (AvgIpc) is 2.71. The fourth-order valence-corrected chi connectivity index (χ4v) is 4.21. The largest absolute Gasteiger partial charge is 0.507 e. The van der Waals surface area contributed by atoms with E-state index in [-0.39, 0.29) is 5.41 Å². The first-order chi connectivity index (χ1) is 13.9. The van der Waals surface area contributed by atoms with Gasteiger partial charge in [-0.05, 0) is 60.9 Å². The van der Waals surface area contributed by atoms with E-state index in [1.165, 1.54) is 5.56 Å². The summed E-state index contributed by atoms with van der Waals surface area (Å²) in [5.74, 6) is 0.530. The fraction of sp³-hybridized carbons (Fsp3) is 0.750. The van der Waals surface area contributed by atoms with E-state index in [0.717, 1.165) is 103 Å². The number of morpholine rings is 2. The molecule has 0 amide bonds. The SMILES string of the molecule is CC(C)(C)c1cc(CCCN2CCOCC2)c(O)c(CCCN2CCOCC2)c1. The molecule has 1 N–H and O–H groups in total. The zero-order chi connectivity index (χ0) is 20.7. The van der Waals surface area contributed by atoms with E-state index in [2.05, 4.69) is 42.7 Å². The van der Waals surface area contributed by atoms with E-state index in [4.69, 9.17) is 9.47 Å². The van der Waals surface area contributed by atoms with E-state index in [1.807, 2.05) is 0 Å². The summed E-state index contributed by atoms with van der Waals surface area (Å²) in [6, 6.07) is 4.47. The van der Waals surface area contributed by atoms with Crippen molar-refractivity contribution in [2.45, 2.75) is 51.9 Å². The van der Waals surface area contributed by atoms with Crippen LogP contribution in [0.3, 0.4) is 0 Å². The van der Waals surface area contributed by atoms with Crippen LogP contribution in [0.1, 0.15) is 50.3 Å². The van der Waals surface area contributed by atoms with Gasteiger partial charge in [0.25, 0.3) is 0 Å². The highest BCUT2D eigenvalue weighted by molar-refractivity contribution is 5.46. The fourth-order valence-electron chi connectivity index (χ4n) is 4.21. The molecule has 2 saturated heterocycles. The third-order valence-corrected chi connectivity index (χ3v) is 6.18. The first-order valence-electron chi connectivity index (χ1n) is 11.4. The number of hydrogen-bond donors (Lipinski definition) is 1. The van der Waals surface area contributed by atoms with Crippen molar-refractivity contribution in [3.63, 3.8) is 0 Å². The summed E-state index contributed by atoms with van der Waals surface area (Å²) < 4.78 is 10.9. The molecule has 5 heteroatoms. The number of benzene rings is 1. The number of phenolic OH excluding ortho intramolecular Hbond substituents is 1. The third kappa shape index (κ3) is 6.95. The van der Waals surface area contributed by atoms with Crippen molar-refractivity contribution in [3.05, 3.63) is 28.8 Å². The molecule has 0 aromatic heterocycles. The monoisotopic (exact) mass is 404 g/mol. The molecule has 29 heavy (non-hydrogen) atoms. The van der Waals surface area contributed by atoms with Crippen LogP contribution in [0.4, 0.5) is 0 Å². The molecule has 3 rings (SSSR count). The van der Waals surface area contributed by atoms with E-state index < -0.39 is 0 Å².